The molecule has 0 bridgehead atoms. The molecule has 2 N–H and O–H groups in total. The fraction of sp³-hybridized carbons (Fsp3) is 0.316. The summed E-state index contributed by atoms with van der Waals surface area (Å²) in [6.07, 6.45) is 1.88. The van der Waals surface area contributed by atoms with Gasteiger partial charge >= 0.3 is 0 Å². The van der Waals surface area contributed by atoms with Crippen LogP contribution in [0.2, 0.25) is 0 Å². The Kier molecular flexibility index (Phi) is 6.36. The summed E-state index contributed by atoms with van der Waals surface area (Å²) in [6, 6.07) is 10.3. The Hall–Kier alpha value is -1.99. The third-order valence-corrected chi connectivity index (χ3v) is 5.91. The normalized spacial score (nSPS) is 11.5. The molecule has 0 saturated heterocycles. The van der Waals surface area contributed by atoms with E-state index >= 15 is 0 Å². The maximum Gasteiger partial charge on any atom is 0.261 e. The predicted octanol–water partition coefficient (Wildman–Crippen LogP) is 4.42. The lowest BCUT2D eigenvalue weighted by Crippen LogP contribution is -2.19. The molecule has 2 aromatic carbocycles. The highest BCUT2D eigenvalue weighted by atomic mass is 32.2. The molecule has 0 aromatic heterocycles. The smallest absolute Gasteiger partial charge is 0.261 e. The molecule has 0 atom stereocenters. The molecule has 0 aliphatic carbocycles. The molecule has 7 heteroatoms. The van der Waals surface area contributed by atoms with E-state index in [2.05, 4.69) is 10.0 Å². The maximum atomic E-state index is 12.8. The molecule has 140 valence electrons. The Morgan fingerprint density at radius 2 is 1.65 bits per heavy atom. The van der Waals surface area contributed by atoms with Crippen molar-refractivity contribution in [3.8, 4) is 0 Å². The van der Waals surface area contributed by atoms with Crippen molar-refractivity contribution in [2.24, 2.45) is 5.92 Å². The van der Waals surface area contributed by atoms with Crippen LogP contribution in [0.1, 0.15) is 25.0 Å². The number of hydrogen-bond acceptors (Lipinski definition) is 4. The zero-order valence-corrected chi connectivity index (χ0v) is 17.2. The highest BCUT2D eigenvalue weighted by molar-refractivity contribution is 7.98. The fourth-order valence-corrected chi connectivity index (χ4v) is 4.08. The molecule has 2 aromatic rings. The minimum Gasteiger partial charge on any atom is -0.325 e. The van der Waals surface area contributed by atoms with Crippen LogP contribution in [0, 0.1) is 19.8 Å². The van der Waals surface area contributed by atoms with Gasteiger partial charge in [0.25, 0.3) is 10.0 Å². The number of amides is 1. The van der Waals surface area contributed by atoms with E-state index in [0.29, 0.717) is 11.4 Å². The SMILES string of the molecule is CSc1ccc(S(=O)(=O)Nc2cc(C)cc(C)c2)cc1NC(=O)C(C)C. The van der Waals surface area contributed by atoms with Crippen molar-refractivity contribution in [2.75, 3.05) is 16.3 Å². The lowest BCUT2D eigenvalue weighted by Gasteiger charge is -2.14. The third-order valence-electron chi connectivity index (χ3n) is 3.74. The van der Waals surface area contributed by atoms with Crippen molar-refractivity contribution in [1.29, 1.82) is 0 Å². The predicted molar refractivity (Wildman–Crippen MR) is 108 cm³/mol. The first-order chi connectivity index (χ1) is 12.1. The Bertz CT molecular complexity index is 902. The van der Waals surface area contributed by atoms with Crippen LogP contribution in [0.4, 0.5) is 11.4 Å². The summed E-state index contributed by atoms with van der Waals surface area (Å²) in [7, 11) is -3.76. The van der Waals surface area contributed by atoms with Gasteiger partial charge in [-0.15, -0.1) is 11.8 Å². The monoisotopic (exact) mass is 392 g/mol. The van der Waals surface area contributed by atoms with Crippen LogP contribution in [0.3, 0.4) is 0 Å². The Morgan fingerprint density at radius 3 is 2.19 bits per heavy atom. The number of rotatable bonds is 6. The van der Waals surface area contributed by atoms with E-state index in [1.54, 1.807) is 38.1 Å². The van der Waals surface area contributed by atoms with Gasteiger partial charge in [0, 0.05) is 16.5 Å². The van der Waals surface area contributed by atoms with Crippen molar-refractivity contribution in [3.63, 3.8) is 0 Å². The van der Waals surface area contributed by atoms with Gasteiger partial charge in [-0.05, 0) is 61.6 Å². The average Bonchev–Trinajstić information content (AvgIpc) is 2.53. The van der Waals surface area contributed by atoms with Crippen LogP contribution in [-0.4, -0.2) is 20.6 Å². The molecule has 0 spiro atoms. The number of carbonyl (C=O) groups excluding carboxylic acids is 1. The fourth-order valence-electron chi connectivity index (χ4n) is 2.48. The quantitative estimate of drug-likeness (QED) is 0.714. The summed E-state index contributed by atoms with van der Waals surface area (Å²) in [5, 5.41) is 2.80. The summed E-state index contributed by atoms with van der Waals surface area (Å²) in [5.41, 5.74) is 2.97. The van der Waals surface area contributed by atoms with Gasteiger partial charge in [0.15, 0.2) is 0 Å². The molecule has 0 radical (unpaired) electrons. The van der Waals surface area contributed by atoms with Crippen LogP contribution in [0.15, 0.2) is 46.2 Å². The summed E-state index contributed by atoms with van der Waals surface area (Å²) in [5.74, 6) is -0.351. The zero-order chi connectivity index (χ0) is 19.5. The van der Waals surface area contributed by atoms with Gasteiger partial charge in [-0.3, -0.25) is 9.52 Å². The minimum atomic E-state index is -3.76. The highest BCUT2D eigenvalue weighted by Crippen LogP contribution is 2.29. The van der Waals surface area contributed by atoms with Crippen molar-refractivity contribution >= 4 is 39.1 Å². The van der Waals surface area contributed by atoms with Crippen LogP contribution >= 0.6 is 11.8 Å². The molecular formula is C19H24N2O3S2. The number of benzene rings is 2. The molecular weight excluding hydrogens is 368 g/mol. The molecule has 26 heavy (non-hydrogen) atoms. The zero-order valence-electron chi connectivity index (χ0n) is 15.6. The first-order valence-corrected chi connectivity index (χ1v) is 10.9. The van der Waals surface area contributed by atoms with Gasteiger partial charge in [-0.1, -0.05) is 19.9 Å². The number of aryl methyl sites for hydroxylation is 2. The summed E-state index contributed by atoms with van der Waals surface area (Å²) in [6.45, 7) is 7.40. The van der Waals surface area contributed by atoms with Gasteiger partial charge in [0.1, 0.15) is 0 Å². The number of thioether (sulfide) groups is 1. The second-order valence-electron chi connectivity index (χ2n) is 6.49. The van der Waals surface area contributed by atoms with E-state index in [4.69, 9.17) is 0 Å². The highest BCUT2D eigenvalue weighted by Gasteiger charge is 2.18. The first-order valence-electron chi connectivity index (χ1n) is 8.22. The Labute approximate surface area is 159 Å². The number of nitrogens with one attached hydrogen (secondary N) is 2. The van der Waals surface area contributed by atoms with Crippen molar-refractivity contribution < 1.29 is 13.2 Å². The van der Waals surface area contributed by atoms with E-state index in [9.17, 15) is 13.2 Å². The van der Waals surface area contributed by atoms with Crippen LogP contribution < -0.4 is 10.0 Å². The van der Waals surface area contributed by atoms with Gasteiger partial charge in [0.05, 0.1) is 10.6 Å². The van der Waals surface area contributed by atoms with Crippen LogP contribution in [-0.2, 0) is 14.8 Å². The molecule has 0 saturated carbocycles. The van der Waals surface area contributed by atoms with E-state index < -0.39 is 10.0 Å². The number of hydrogen-bond donors (Lipinski definition) is 2. The topological polar surface area (TPSA) is 75.3 Å². The molecule has 5 nitrogen and oxygen atoms in total. The number of sulfonamides is 1. The van der Waals surface area contributed by atoms with Gasteiger partial charge in [0.2, 0.25) is 5.91 Å². The van der Waals surface area contributed by atoms with Crippen molar-refractivity contribution in [1.82, 2.24) is 0 Å². The molecule has 2 rings (SSSR count). The lowest BCUT2D eigenvalue weighted by molar-refractivity contribution is -0.118. The van der Waals surface area contributed by atoms with E-state index in [0.717, 1.165) is 16.0 Å². The summed E-state index contributed by atoms with van der Waals surface area (Å²) in [4.78, 5) is 12.9. The largest absolute Gasteiger partial charge is 0.325 e. The molecule has 0 heterocycles. The summed E-state index contributed by atoms with van der Waals surface area (Å²) >= 11 is 1.45. The number of anilines is 2. The van der Waals surface area contributed by atoms with Crippen LogP contribution in [0.25, 0.3) is 0 Å². The lowest BCUT2D eigenvalue weighted by atomic mass is 10.1. The van der Waals surface area contributed by atoms with Crippen molar-refractivity contribution in [3.05, 3.63) is 47.5 Å². The van der Waals surface area contributed by atoms with Gasteiger partial charge in [-0.2, -0.15) is 0 Å². The summed E-state index contributed by atoms with van der Waals surface area (Å²) < 4.78 is 28.1. The standard InChI is InChI=1S/C19H24N2O3S2/c1-12(2)19(22)20-17-11-16(6-7-18(17)25-5)26(23,24)21-15-9-13(3)8-14(4)10-15/h6-12,21H,1-5H3,(H,20,22). The average molecular weight is 393 g/mol. The Morgan fingerprint density at radius 1 is 1.04 bits per heavy atom. The third kappa shape index (κ3) is 5.02. The van der Waals surface area contributed by atoms with E-state index in [1.807, 2.05) is 26.2 Å². The van der Waals surface area contributed by atoms with Crippen molar-refractivity contribution in [2.45, 2.75) is 37.5 Å². The van der Waals surface area contributed by atoms with Gasteiger partial charge in [-0.25, -0.2) is 8.42 Å². The molecule has 0 aliphatic rings. The second kappa shape index (κ2) is 8.14. The van der Waals surface area contributed by atoms with E-state index in [1.165, 1.54) is 17.8 Å². The Balaban J connectivity index is 2.38. The first kappa shape index (κ1) is 20.3. The maximum absolute atomic E-state index is 12.8. The van der Waals surface area contributed by atoms with Gasteiger partial charge < -0.3 is 5.32 Å². The minimum absolute atomic E-state index is 0.105. The second-order valence-corrected chi connectivity index (χ2v) is 9.02. The van der Waals surface area contributed by atoms with E-state index in [-0.39, 0.29) is 16.7 Å². The number of carbonyl (C=O) groups is 1. The molecule has 0 unspecified atom stereocenters. The van der Waals surface area contributed by atoms with Crippen LogP contribution in [0.5, 0.6) is 0 Å². The molecule has 1 amide bonds. The molecule has 0 fully saturated rings. The molecule has 0 aliphatic heterocycles.